The van der Waals surface area contributed by atoms with E-state index in [1.54, 1.807) is 6.07 Å². The van der Waals surface area contributed by atoms with Gasteiger partial charge in [0.05, 0.1) is 24.7 Å². The molecule has 1 unspecified atom stereocenters. The molecule has 0 radical (unpaired) electrons. The number of carbonyl (C=O) groups excluding carboxylic acids is 2. The van der Waals surface area contributed by atoms with Crippen molar-refractivity contribution in [2.24, 2.45) is 5.92 Å². The molecule has 26 heavy (non-hydrogen) atoms. The average molecular weight is 363 g/mol. The predicted octanol–water partition coefficient (Wildman–Crippen LogP) is 0.546. The van der Waals surface area contributed by atoms with Crippen molar-refractivity contribution in [1.29, 1.82) is 0 Å². The average Bonchev–Trinajstić information content (AvgIpc) is 3.19. The normalized spacial score (nSPS) is 29.0. The number of nitrogens with one attached hydrogen (secondary N) is 2. The number of aliphatic hydroxyl groups is 1. The molecule has 8 heteroatoms. The molecule has 0 aromatic carbocycles. The lowest BCUT2D eigenvalue weighted by Crippen LogP contribution is -2.54. The minimum atomic E-state index is -0.288. The van der Waals surface area contributed by atoms with Crippen molar-refractivity contribution < 1.29 is 24.0 Å². The maximum Gasteiger partial charge on any atom is 0.273 e. The summed E-state index contributed by atoms with van der Waals surface area (Å²) in [6.45, 7) is 0.481. The number of hydrogen-bond donors (Lipinski definition) is 3. The molecule has 1 spiro atoms. The van der Waals surface area contributed by atoms with Crippen molar-refractivity contribution in [3.8, 4) is 0 Å². The maximum absolute atomic E-state index is 12.4. The third kappa shape index (κ3) is 3.48. The van der Waals surface area contributed by atoms with Crippen molar-refractivity contribution in [2.75, 3.05) is 13.2 Å². The van der Waals surface area contributed by atoms with Crippen molar-refractivity contribution in [3.05, 3.63) is 17.5 Å². The minimum absolute atomic E-state index is 0.00932. The second kappa shape index (κ2) is 7.00. The minimum Gasteiger partial charge on any atom is -0.396 e. The van der Waals surface area contributed by atoms with Crippen LogP contribution in [0.3, 0.4) is 0 Å². The van der Waals surface area contributed by atoms with Crippen molar-refractivity contribution in [1.82, 2.24) is 15.8 Å². The van der Waals surface area contributed by atoms with Gasteiger partial charge in [-0.15, -0.1) is 0 Å². The number of amides is 2. The summed E-state index contributed by atoms with van der Waals surface area (Å²) < 4.78 is 10.8. The van der Waals surface area contributed by atoms with E-state index in [9.17, 15) is 9.59 Å². The predicted molar refractivity (Wildman–Crippen MR) is 90.4 cm³/mol. The Morgan fingerprint density at radius 2 is 2.04 bits per heavy atom. The number of nitrogens with zero attached hydrogens (tertiary/aromatic N) is 1. The molecular weight excluding hydrogens is 338 g/mol. The first-order chi connectivity index (χ1) is 12.6. The van der Waals surface area contributed by atoms with Crippen LogP contribution >= 0.6 is 0 Å². The van der Waals surface area contributed by atoms with E-state index < -0.39 is 0 Å². The molecule has 1 aliphatic heterocycles. The number of aliphatic hydroxyl groups excluding tert-OH is 1. The van der Waals surface area contributed by atoms with Crippen LogP contribution in [0.5, 0.6) is 0 Å². The molecular formula is C18H25N3O5. The Balaban J connectivity index is 1.18. The van der Waals surface area contributed by atoms with Gasteiger partial charge < -0.3 is 25.0 Å². The highest BCUT2D eigenvalue weighted by Gasteiger charge is 2.47. The van der Waals surface area contributed by atoms with Crippen molar-refractivity contribution in [2.45, 2.75) is 62.6 Å². The lowest BCUT2D eigenvalue weighted by molar-refractivity contribution is -0.126. The summed E-state index contributed by atoms with van der Waals surface area (Å²) in [7, 11) is 0. The largest absolute Gasteiger partial charge is 0.396 e. The van der Waals surface area contributed by atoms with Gasteiger partial charge in [0.2, 0.25) is 5.91 Å². The van der Waals surface area contributed by atoms with Crippen LogP contribution < -0.4 is 10.6 Å². The molecule has 3 N–H and O–H groups in total. The van der Waals surface area contributed by atoms with Gasteiger partial charge in [-0.3, -0.25) is 9.59 Å². The monoisotopic (exact) mass is 363 g/mol. The number of ether oxygens (including phenoxy) is 1. The van der Waals surface area contributed by atoms with Gasteiger partial charge in [-0.2, -0.15) is 0 Å². The smallest absolute Gasteiger partial charge is 0.273 e. The van der Waals surface area contributed by atoms with E-state index in [0.29, 0.717) is 18.8 Å². The molecule has 4 rings (SSSR count). The quantitative estimate of drug-likeness (QED) is 0.680. The third-order valence-corrected chi connectivity index (χ3v) is 5.81. The number of hydrogen-bond acceptors (Lipinski definition) is 6. The Hall–Kier alpha value is -1.93. The summed E-state index contributed by atoms with van der Waals surface area (Å²) >= 11 is 0. The lowest BCUT2D eigenvalue weighted by Gasteiger charge is -2.38. The second-order valence-electron chi connectivity index (χ2n) is 7.75. The third-order valence-electron chi connectivity index (χ3n) is 5.81. The summed E-state index contributed by atoms with van der Waals surface area (Å²) in [4.78, 5) is 24.5. The summed E-state index contributed by atoms with van der Waals surface area (Å²) in [6.07, 6.45) is 5.98. The van der Waals surface area contributed by atoms with Gasteiger partial charge in [0, 0.05) is 24.6 Å². The van der Waals surface area contributed by atoms with Gasteiger partial charge in [-0.25, -0.2) is 0 Å². The van der Waals surface area contributed by atoms with Gasteiger partial charge in [-0.1, -0.05) is 5.16 Å². The highest BCUT2D eigenvalue weighted by Crippen LogP contribution is 2.45. The standard InChI is InChI=1S/C18H25N3O5/c22-5-2-14-8-15(21-26-14)17(24)20-13-6-12(7-13)19-16(23)11-9-18(25-10-11)3-1-4-18/h8,11-13,22H,1-7,9-10H2,(H,19,23)(H,20,24). The Kier molecular flexibility index (Phi) is 4.71. The molecule has 2 amide bonds. The molecule has 2 aliphatic carbocycles. The van der Waals surface area contributed by atoms with E-state index in [1.165, 1.54) is 6.42 Å². The van der Waals surface area contributed by atoms with Crippen LogP contribution in [0, 0.1) is 5.92 Å². The highest BCUT2D eigenvalue weighted by atomic mass is 16.5. The van der Waals surface area contributed by atoms with Crippen molar-refractivity contribution >= 4 is 11.8 Å². The molecule has 1 saturated heterocycles. The van der Waals surface area contributed by atoms with Crippen LogP contribution in [0.25, 0.3) is 0 Å². The number of carbonyl (C=O) groups is 2. The van der Waals surface area contributed by atoms with Gasteiger partial charge in [0.1, 0.15) is 5.76 Å². The fourth-order valence-corrected chi connectivity index (χ4v) is 4.01. The molecule has 1 atom stereocenters. The van der Waals surface area contributed by atoms with Gasteiger partial charge in [0.15, 0.2) is 5.69 Å². The van der Waals surface area contributed by atoms with Crippen LogP contribution in [0.2, 0.25) is 0 Å². The highest BCUT2D eigenvalue weighted by molar-refractivity contribution is 5.92. The molecule has 0 bridgehead atoms. The molecule has 8 nitrogen and oxygen atoms in total. The summed E-state index contributed by atoms with van der Waals surface area (Å²) in [5, 5.41) is 18.5. The first-order valence-electron chi connectivity index (χ1n) is 9.38. The van der Waals surface area contributed by atoms with Crippen molar-refractivity contribution in [3.63, 3.8) is 0 Å². The van der Waals surface area contributed by atoms with Crippen LogP contribution in [0.1, 0.15) is 54.8 Å². The van der Waals surface area contributed by atoms with Gasteiger partial charge in [0.25, 0.3) is 5.91 Å². The zero-order valence-corrected chi connectivity index (χ0v) is 14.7. The zero-order valence-electron chi connectivity index (χ0n) is 14.7. The summed E-state index contributed by atoms with van der Waals surface area (Å²) in [5.74, 6) is 0.237. The molecule has 3 fully saturated rings. The maximum atomic E-state index is 12.4. The second-order valence-corrected chi connectivity index (χ2v) is 7.75. The Morgan fingerprint density at radius 1 is 1.27 bits per heavy atom. The summed E-state index contributed by atoms with van der Waals surface area (Å²) in [6, 6.07) is 1.68. The van der Waals surface area contributed by atoms with E-state index in [2.05, 4.69) is 15.8 Å². The van der Waals surface area contributed by atoms with Crippen LogP contribution in [0.15, 0.2) is 10.6 Å². The molecule has 2 heterocycles. The zero-order chi connectivity index (χ0) is 18.1. The first kappa shape index (κ1) is 17.5. The van der Waals surface area contributed by atoms with E-state index in [1.807, 2.05) is 0 Å². The number of aromatic nitrogens is 1. The molecule has 3 aliphatic rings. The van der Waals surface area contributed by atoms with Crippen LogP contribution in [0.4, 0.5) is 0 Å². The fraction of sp³-hybridized carbons (Fsp3) is 0.722. The molecule has 2 saturated carbocycles. The molecule has 1 aromatic rings. The van der Waals surface area contributed by atoms with Crippen LogP contribution in [-0.4, -0.2) is 53.0 Å². The lowest BCUT2D eigenvalue weighted by atomic mass is 9.76. The Morgan fingerprint density at radius 3 is 2.69 bits per heavy atom. The topological polar surface area (TPSA) is 114 Å². The molecule has 1 aromatic heterocycles. The molecule has 142 valence electrons. The Bertz CT molecular complexity index is 678. The van der Waals surface area contributed by atoms with E-state index in [-0.39, 0.29) is 47.7 Å². The number of rotatable bonds is 6. The first-order valence-corrected chi connectivity index (χ1v) is 9.38. The van der Waals surface area contributed by atoms with E-state index >= 15 is 0 Å². The van der Waals surface area contributed by atoms with E-state index in [0.717, 1.165) is 32.1 Å². The van der Waals surface area contributed by atoms with Gasteiger partial charge in [-0.05, 0) is 38.5 Å². The Labute approximate surface area is 151 Å². The van der Waals surface area contributed by atoms with E-state index in [4.69, 9.17) is 14.4 Å². The summed E-state index contributed by atoms with van der Waals surface area (Å²) in [5.41, 5.74) is 0.208. The SMILES string of the molecule is O=C(NC1CC(NC(=O)C2COC3(CCC3)C2)C1)c1cc(CCO)on1. The fourth-order valence-electron chi connectivity index (χ4n) is 4.01. The van der Waals surface area contributed by atoms with Gasteiger partial charge >= 0.3 is 0 Å². The van der Waals surface area contributed by atoms with Crippen LogP contribution in [-0.2, 0) is 16.0 Å².